The molecule has 0 saturated heterocycles. The third kappa shape index (κ3) is 2.36. The Morgan fingerprint density at radius 1 is 0.700 bits per heavy atom. The van der Waals surface area contributed by atoms with Gasteiger partial charge in [-0.25, -0.2) is 22.0 Å². The lowest BCUT2D eigenvalue weighted by atomic mass is 10.2. The lowest BCUT2D eigenvalue weighted by Gasteiger charge is -2.09. The number of hydrogen-bond donors (Lipinski definition) is 1. The first-order chi connectivity index (χ1) is 9.38. The summed E-state index contributed by atoms with van der Waals surface area (Å²) in [7, 11) is 0. The number of allylic oxidation sites excluding steroid dienone is 2. The van der Waals surface area contributed by atoms with Crippen molar-refractivity contribution >= 4 is 5.69 Å². The van der Waals surface area contributed by atoms with Gasteiger partial charge in [0, 0.05) is 0 Å². The van der Waals surface area contributed by atoms with Gasteiger partial charge in [0.25, 0.3) is 0 Å². The number of hydrogen-bond acceptors (Lipinski definition) is 4. The average Bonchev–Trinajstić information content (AvgIpc) is 2.46. The second kappa shape index (κ2) is 5.68. The van der Waals surface area contributed by atoms with Crippen LogP contribution in [0, 0.1) is 63.1 Å². The minimum Gasteiger partial charge on any atom is -0.340 e. The molecular weight excluding hydrogens is 283 g/mol. The molecule has 100 valence electrons. The lowest BCUT2D eigenvalue weighted by molar-refractivity contribution is 0.382. The Bertz CT molecular complexity index is 688. The Balaban J connectivity index is 3.54. The summed E-state index contributed by atoms with van der Waals surface area (Å²) < 4.78 is 65.1. The summed E-state index contributed by atoms with van der Waals surface area (Å²) in [4.78, 5) is 0. The highest BCUT2D eigenvalue weighted by molar-refractivity contribution is 5.59. The molecule has 0 amide bonds. The molecule has 0 atom stereocenters. The second-order valence-corrected chi connectivity index (χ2v) is 3.16. The highest BCUT2D eigenvalue weighted by atomic mass is 19.2. The second-order valence-electron chi connectivity index (χ2n) is 3.16. The van der Waals surface area contributed by atoms with Crippen molar-refractivity contribution < 1.29 is 22.0 Å². The summed E-state index contributed by atoms with van der Waals surface area (Å²) in [6, 6.07) is 3.67. The van der Waals surface area contributed by atoms with Gasteiger partial charge in [-0.05, 0) is 0 Å². The molecular formula is C11HF5N4. The molecule has 0 aromatic heterocycles. The van der Waals surface area contributed by atoms with E-state index in [1.807, 2.05) is 0 Å². The highest BCUT2D eigenvalue weighted by Gasteiger charge is 2.26. The molecule has 0 unspecified atom stereocenters. The van der Waals surface area contributed by atoms with Crippen molar-refractivity contribution in [2.75, 3.05) is 5.32 Å². The van der Waals surface area contributed by atoms with E-state index in [4.69, 9.17) is 15.8 Å². The maximum atomic E-state index is 13.3. The van der Waals surface area contributed by atoms with Gasteiger partial charge in [-0.2, -0.15) is 15.8 Å². The summed E-state index contributed by atoms with van der Waals surface area (Å²) in [5, 5.41) is 27.1. The maximum absolute atomic E-state index is 13.3. The summed E-state index contributed by atoms with van der Waals surface area (Å²) in [5.74, 6) is -11.2. The minimum absolute atomic E-state index is 0.878. The van der Waals surface area contributed by atoms with Crippen LogP contribution < -0.4 is 5.32 Å². The smallest absolute Gasteiger partial charge is 0.200 e. The number of nitriles is 3. The Kier molecular flexibility index (Phi) is 4.24. The predicted molar refractivity (Wildman–Crippen MR) is 53.7 cm³/mol. The van der Waals surface area contributed by atoms with Crippen molar-refractivity contribution in [2.24, 2.45) is 0 Å². The Morgan fingerprint density at radius 3 is 1.45 bits per heavy atom. The molecule has 0 spiro atoms. The first-order valence-electron chi connectivity index (χ1n) is 4.62. The van der Waals surface area contributed by atoms with Gasteiger partial charge in [0.15, 0.2) is 28.8 Å². The van der Waals surface area contributed by atoms with Crippen LogP contribution in [0.2, 0.25) is 0 Å². The molecule has 1 aromatic carbocycles. The predicted octanol–water partition coefficient (Wildman–Crippen LogP) is 2.62. The first kappa shape index (κ1) is 14.9. The molecule has 0 aliphatic rings. The molecule has 9 heteroatoms. The van der Waals surface area contributed by atoms with Gasteiger partial charge in [0.1, 0.15) is 29.6 Å². The van der Waals surface area contributed by atoms with Crippen LogP contribution >= 0.6 is 0 Å². The van der Waals surface area contributed by atoms with Gasteiger partial charge in [-0.1, -0.05) is 0 Å². The van der Waals surface area contributed by atoms with E-state index in [1.54, 1.807) is 5.32 Å². The largest absolute Gasteiger partial charge is 0.340 e. The van der Waals surface area contributed by atoms with Gasteiger partial charge in [0.2, 0.25) is 5.82 Å². The van der Waals surface area contributed by atoms with Gasteiger partial charge in [0.05, 0.1) is 0 Å². The molecule has 20 heavy (non-hydrogen) atoms. The number of anilines is 1. The van der Waals surface area contributed by atoms with Crippen molar-refractivity contribution in [1.29, 1.82) is 15.8 Å². The fourth-order valence-corrected chi connectivity index (χ4v) is 1.12. The zero-order valence-electron chi connectivity index (χ0n) is 9.23. The molecule has 0 aliphatic carbocycles. The van der Waals surface area contributed by atoms with Gasteiger partial charge in [-0.15, -0.1) is 0 Å². The van der Waals surface area contributed by atoms with Crippen LogP contribution in [-0.4, -0.2) is 0 Å². The molecule has 0 fully saturated rings. The van der Waals surface area contributed by atoms with Gasteiger partial charge in [-0.3, -0.25) is 0 Å². The fourth-order valence-electron chi connectivity index (χ4n) is 1.12. The van der Waals surface area contributed by atoms with Gasteiger partial charge >= 0.3 is 0 Å². The molecule has 1 N–H and O–H groups in total. The Labute approximate surface area is 108 Å². The van der Waals surface area contributed by atoms with Crippen LogP contribution in [0.25, 0.3) is 0 Å². The quantitative estimate of drug-likeness (QED) is 0.391. The molecule has 0 bridgehead atoms. The summed E-state index contributed by atoms with van der Waals surface area (Å²) in [5.41, 5.74) is -3.35. The maximum Gasteiger partial charge on any atom is 0.200 e. The molecule has 0 heterocycles. The van der Waals surface area contributed by atoms with Crippen LogP contribution in [0.5, 0.6) is 0 Å². The normalized spacial score (nSPS) is 9.10. The first-order valence-corrected chi connectivity index (χ1v) is 4.62. The van der Waals surface area contributed by atoms with Crippen LogP contribution in [-0.2, 0) is 0 Å². The Hall–Kier alpha value is -3.12. The van der Waals surface area contributed by atoms with E-state index < -0.39 is 46.0 Å². The van der Waals surface area contributed by atoms with E-state index in [-0.39, 0.29) is 0 Å². The van der Waals surface area contributed by atoms with Crippen molar-refractivity contribution in [2.45, 2.75) is 0 Å². The van der Waals surface area contributed by atoms with E-state index >= 15 is 0 Å². The highest BCUT2D eigenvalue weighted by Crippen LogP contribution is 2.28. The van der Waals surface area contributed by atoms with Crippen LogP contribution in [0.4, 0.5) is 27.6 Å². The van der Waals surface area contributed by atoms with Gasteiger partial charge < -0.3 is 5.32 Å². The van der Waals surface area contributed by atoms with E-state index in [1.165, 1.54) is 18.2 Å². The summed E-state index contributed by atoms with van der Waals surface area (Å²) in [6.45, 7) is 0. The van der Waals surface area contributed by atoms with Crippen molar-refractivity contribution in [1.82, 2.24) is 0 Å². The van der Waals surface area contributed by atoms with Crippen molar-refractivity contribution in [3.05, 3.63) is 40.4 Å². The number of halogens is 5. The number of nitrogens with one attached hydrogen (secondary N) is 1. The topological polar surface area (TPSA) is 83.4 Å². The van der Waals surface area contributed by atoms with E-state index in [0.717, 1.165) is 0 Å². The molecule has 1 aromatic rings. The Morgan fingerprint density at radius 2 is 1.10 bits per heavy atom. The van der Waals surface area contributed by atoms with Crippen molar-refractivity contribution in [3.63, 3.8) is 0 Å². The number of nitrogens with zero attached hydrogens (tertiary/aromatic N) is 3. The third-order valence-electron chi connectivity index (χ3n) is 2.05. The molecule has 0 saturated carbocycles. The van der Waals surface area contributed by atoms with Crippen molar-refractivity contribution in [3.8, 4) is 18.2 Å². The molecule has 0 radical (unpaired) electrons. The average molecular weight is 284 g/mol. The van der Waals surface area contributed by atoms with Crippen LogP contribution in [0.15, 0.2) is 11.3 Å². The van der Waals surface area contributed by atoms with E-state index in [2.05, 4.69) is 0 Å². The monoisotopic (exact) mass is 284 g/mol. The van der Waals surface area contributed by atoms with Crippen LogP contribution in [0.3, 0.4) is 0 Å². The fraction of sp³-hybridized carbons (Fsp3) is 0. The molecule has 0 aliphatic heterocycles. The summed E-state index contributed by atoms with van der Waals surface area (Å²) in [6.07, 6.45) is 0. The van der Waals surface area contributed by atoms with E-state index in [9.17, 15) is 22.0 Å². The SMILES string of the molecule is N#CC(C#N)=C(C#N)Nc1c(F)c(F)c(F)c(F)c1F. The zero-order valence-corrected chi connectivity index (χ0v) is 9.23. The number of rotatable bonds is 2. The van der Waals surface area contributed by atoms with Crippen LogP contribution in [0.1, 0.15) is 0 Å². The summed E-state index contributed by atoms with van der Waals surface area (Å²) >= 11 is 0. The zero-order chi connectivity index (χ0) is 15.4. The number of benzene rings is 1. The minimum atomic E-state index is -2.37. The standard InChI is InChI=1S/C11HF5N4/c12-6-7(13)9(15)11(10(16)8(6)14)20-5(3-19)4(1-17)2-18/h20H. The van der Waals surface area contributed by atoms with E-state index in [0.29, 0.717) is 0 Å². The molecule has 1 rings (SSSR count). The lowest BCUT2D eigenvalue weighted by Crippen LogP contribution is -2.10. The third-order valence-corrected chi connectivity index (χ3v) is 2.05. The molecule has 4 nitrogen and oxygen atoms in total.